The summed E-state index contributed by atoms with van der Waals surface area (Å²) < 4.78 is 54.3. The Labute approximate surface area is 215 Å². The maximum atomic E-state index is 13.9. The van der Waals surface area contributed by atoms with Gasteiger partial charge in [-0.1, -0.05) is 0 Å². The lowest BCUT2D eigenvalue weighted by Gasteiger charge is -2.35. The molecule has 4 rings (SSSR count). The van der Waals surface area contributed by atoms with E-state index in [4.69, 9.17) is 9.47 Å². The molecule has 13 heteroatoms. The second-order valence-corrected chi connectivity index (χ2v) is 9.23. The summed E-state index contributed by atoms with van der Waals surface area (Å²) in [6, 6.07) is 4.22. The summed E-state index contributed by atoms with van der Waals surface area (Å²) in [7, 11) is 1.45. The largest absolute Gasteiger partial charge is 0.469 e. The Morgan fingerprint density at radius 3 is 2.50 bits per heavy atom. The van der Waals surface area contributed by atoms with Gasteiger partial charge in [-0.05, 0) is 39.8 Å². The van der Waals surface area contributed by atoms with E-state index in [9.17, 15) is 28.0 Å². The van der Waals surface area contributed by atoms with Crippen LogP contribution in [0.2, 0.25) is 0 Å². The third-order valence-corrected chi connectivity index (χ3v) is 6.24. The summed E-state index contributed by atoms with van der Waals surface area (Å²) in [5.74, 6) is -0.408. The van der Waals surface area contributed by atoms with Gasteiger partial charge in [-0.3, -0.25) is 14.2 Å². The fourth-order valence-corrected chi connectivity index (χ4v) is 4.35. The number of hydrogen-bond donors (Lipinski definition) is 0. The minimum Gasteiger partial charge on any atom is -0.469 e. The summed E-state index contributed by atoms with van der Waals surface area (Å²) in [6.45, 7) is 7.22. The summed E-state index contributed by atoms with van der Waals surface area (Å²) >= 11 is 0. The van der Waals surface area contributed by atoms with Crippen LogP contribution in [-0.2, 0) is 18.0 Å². The molecule has 1 fully saturated rings. The van der Waals surface area contributed by atoms with Crippen LogP contribution in [-0.4, -0.2) is 55.6 Å². The summed E-state index contributed by atoms with van der Waals surface area (Å²) in [6.07, 6.45) is -5.29. The van der Waals surface area contributed by atoms with Crippen molar-refractivity contribution >= 4 is 16.9 Å². The molecular formula is C25H25F3N6O4. The van der Waals surface area contributed by atoms with Gasteiger partial charge in [-0.15, -0.1) is 0 Å². The number of amides is 1. The van der Waals surface area contributed by atoms with Crippen LogP contribution in [0.15, 0.2) is 23.1 Å². The Morgan fingerprint density at radius 2 is 1.89 bits per heavy atom. The first-order valence-corrected chi connectivity index (χ1v) is 11.8. The van der Waals surface area contributed by atoms with Crippen molar-refractivity contribution < 1.29 is 27.4 Å². The lowest BCUT2D eigenvalue weighted by atomic mass is 10.1. The van der Waals surface area contributed by atoms with E-state index in [1.807, 2.05) is 19.9 Å². The number of aromatic nitrogens is 4. The van der Waals surface area contributed by atoms with E-state index in [0.29, 0.717) is 13.1 Å². The lowest BCUT2D eigenvalue weighted by molar-refractivity contribution is -0.142. The predicted molar refractivity (Wildman–Crippen MR) is 128 cm³/mol. The monoisotopic (exact) mass is 530 g/mol. The van der Waals surface area contributed by atoms with Crippen LogP contribution in [0.25, 0.3) is 11.0 Å². The van der Waals surface area contributed by atoms with Gasteiger partial charge < -0.3 is 14.4 Å². The van der Waals surface area contributed by atoms with Gasteiger partial charge >= 0.3 is 6.18 Å². The number of ether oxygens (including phenoxy) is 2. The number of carbonyl (C=O) groups is 1. The molecule has 200 valence electrons. The maximum Gasteiger partial charge on any atom is 0.433 e. The highest BCUT2D eigenvalue weighted by atomic mass is 19.4. The normalized spacial score (nSPS) is 18.8. The minimum atomic E-state index is -4.87. The molecule has 10 nitrogen and oxygen atoms in total. The van der Waals surface area contributed by atoms with Crippen molar-refractivity contribution in [2.24, 2.45) is 7.05 Å². The van der Waals surface area contributed by atoms with Gasteiger partial charge in [0.25, 0.3) is 11.5 Å². The van der Waals surface area contributed by atoms with E-state index in [1.165, 1.54) is 37.7 Å². The number of hydrogen-bond acceptors (Lipinski definition) is 8. The molecule has 1 amide bonds. The smallest absolute Gasteiger partial charge is 0.433 e. The van der Waals surface area contributed by atoms with Crippen LogP contribution in [0.1, 0.15) is 59.9 Å². The van der Waals surface area contributed by atoms with E-state index < -0.39 is 29.1 Å². The fourth-order valence-electron chi connectivity index (χ4n) is 4.35. The number of nitrogens with zero attached hydrogens (tertiary/aromatic N) is 6. The number of rotatable bonds is 4. The van der Waals surface area contributed by atoms with Crippen molar-refractivity contribution in [1.29, 1.82) is 5.26 Å². The fraction of sp³-hybridized carbons (Fsp3) is 0.440. The van der Waals surface area contributed by atoms with Crippen molar-refractivity contribution in [2.75, 3.05) is 13.1 Å². The highest BCUT2D eigenvalue weighted by molar-refractivity contribution is 5.94. The first-order chi connectivity index (χ1) is 17.8. The van der Waals surface area contributed by atoms with Crippen molar-refractivity contribution in [3.8, 4) is 11.9 Å². The number of carbonyl (C=O) groups excluding carboxylic acids is 1. The highest BCUT2D eigenvalue weighted by Crippen LogP contribution is 2.36. The van der Waals surface area contributed by atoms with Crippen molar-refractivity contribution in [3.63, 3.8) is 0 Å². The second kappa shape index (κ2) is 10.0. The number of halogens is 3. The first-order valence-electron chi connectivity index (χ1n) is 11.8. The Bertz CT molecular complexity index is 1500. The van der Waals surface area contributed by atoms with Crippen molar-refractivity contribution in [1.82, 2.24) is 24.4 Å². The SMILES string of the molecule is Cc1nc2nc(C(F)(F)F)c(C(C)Oc3ncc(C(=O)N4C[C@@H](C)O[C@@H](C)C4)cc3C#N)cc2c(=O)n1C. The summed E-state index contributed by atoms with van der Waals surface area (Å²) in [5.41, 5.74) is -2.58. The van der Waals surface area contributed by atoms with Gasteiger partial charge in [0.2, 0.25) is 5.88 Å². The second-order valence-electron chi connectivity index (χ2n) is 9.23. The first kappa shape index (κ1) is 27.0. The molecule has 0 radical (unpaired) electrons. The molecular weight excluding hydrogens is 505 g/mol. The Kier molecular flexibility index (Phi) is 7.12. The van der Waals surface area contributed by atoms with Crippen LogP contribution in [0.4, 0.5) is 13.2 Å². The zero-order chi connectivity index (χ0) is 27.9. The Balaban J connectivity index is 1.69. The van der Waals surface area contributed by atoms with Gasteiger partial charge in [0.15, 0.2) is 11.3 Å². The Morgan fingerprint density at radius 1 is 1.24 bits per heavy atom. The van der Waals surface area contributed by atoms with E-state index in [1.54, 1.807) is 4.90 Å². The topological polar surface area (TPSA) is 123 Å². The molecule has 0 bridgehead atoms. The van der Waals surface area contributed by atoms with Gasteiger partial charge in [0, 0.05) is 31.9 Å². The highest BCUT2D eigenvalue weighted by Gasteiger charge is 2.38. The van der Waals surface area contributed by atoms with Crippen LogP contribution in [0.3, 0.4) is 0 Å². The number of morpholine rings is 1. The lowest BCUT2D eigenvalue weighted by Crippen LogP contribution is -2.48. The van der Waals surface area contributed by atoms with Crippen LogP contribution < -0.4 is 10.3 Å². The summed E-state index contributed by atoms with van der Waals surface area (Å²) in [5, 5.41) is 9.55. The molecule has 1 saturated heterocycles. The molecule has 38 heavy (non-hydrogen) atoms. The van der Waals surface area contributed by atoms with E-state index in [0.717, 1.165) is 6.07 Å². The van der Waals surface area contributed by atoms with E-state index >= 15 is 0 Å². The number of nitriles is 1. The zero-order valence-corrected chi connectivity index (χ0v) is 21.3. The van der Waals surface area contributed by atoms with Gasteiger partial charge in [-0.25, -0.2) is 15.0 Å². The molecule has 1 aliphatic rings. The third kappa shape index (κ3) is 5.17. The van der Waals surface area contributed by atoms with Gasteiger partial charge in [0.1, 0.15) is 23.6 Å². The molecule has 3 aromatic rings. The third-order valence-electron chi connectivity index (χ3n) is 6.24. The van der Waals surface area contributed by atoms with Crippen LogP contribution in [0.5, 0.6) is 5.88 Å². The van der Waals surface area contributed by atoms with Crippen molar-refractivity contribution in [3.05, 3.63) is 56.9 Å². The molecule has 3 aromatic heterocycles. The van der Waals surface area contributed by atoms with Crippen LogP contribution in [0, 0.1) is 18.3 Å². The molecule has 0 saturated carbocycles. The molecule has 1 aliphatic heterocycles. The van der Waals surface area contributed by atoms with Gasteiger partial charge in [0.05, 0.1) is 23.2 Å². The molecule has 0 spiro atoms. The van der Waals surface area contributed by atoms with Crippen LogP contribution >= 0.6 is 0 Å². The zero-order valence-electron chi connectivity index (χ0n) is 21.3. The molecule has 0 aromatic carbocycles. The summed E-state index contributed by atoms with van der Waals surface area (Å²) in [4.78, 5) is 39.0. The standard InChI is InChI=1S/C25H25F3N6O4/c1-12-10-34(11-13(2)37-12)23(35)17-6-16(8-29)22(30-9-17)38-14(3)18-7-19-21(32-20(18)25(26,27)28)31-15(4)33(5)24(19)36/h6-7,9,12-14H,10-11H2,1-5H3/t12-,13+,14?. The van der Waals surface area contributed by atoms with E-state index in [-0.39, 0.29) is 52.0 Å². The molecule has 4 heterocycles. The molecule has 0 aliphatic carbocycles. The molecule has 0 N–H and O–H groups in total. The average Bonchev–Trinajstić information content (AvgIpc) is 2.85. The number of alkyl halides is 3. The maximum absolute atomic E-state index is 13.9. The number of fused-ring (bicyclic) bond motifs is 1. The quantitative estimate of drug-likeness (QED) is 0.504. The van der Waals surface area contributed by atoms with E-state index in [2.05, 4.69) is 15.0 Å². The molecule has 1 unspecified atom stereocenters. The van der Waals surface area contributed by atoms with Crippen molar-refractivity contribution in [2.45, 2.75) is 52.2 Å². The molecule has 3 atom stereocenters. The predicted octanol–water partition coefficient (Wildman–Crippen LogP) is 3.31. The van der Waals surface area contributed by atoms with Gasteiger partial charge in [-0.2, -0.15) is 18.4 Å². The average molecular weight is 531 g/mol. The Hall–Kier alpha value is -4.05. The number of aryl methyl sites for hydroxylation is 1. The minimum absolute atomic E-state index is 0.111. The number of pyridine rings is 2.